The molecule has 1 aromatic rings. The van der Waals surface area contributed by atoms with E-state index in [9.17, 15) is 19.2 Å². The van der Waals surface area contributed by atoms with Gasteiger partial charge in [-0.15, -0.1) is 0 Å². The molecule has 6 nitrogen and oxygen atoms in total. The van der Waals surface area contributed by atoms with E-state index in [1.165, 1.54) is 6.92 Å². The Morgan fingerprint density at radius 2 is 1.83 bits per heavy atom. The molecule has 130 valence electrons. The van der Waals surface area contributed by atoms with Gasteiger partial charge >= 0.3 is 0 Å². The van der Waals surface area contributed by atoms with Crippen LogP contribution < -0.4 is 10.6 Å². The first-order valence-corrected chi connectivity index (χ1v) is 8.08. The number of ketones is 1. The number of Topliss-reactive ketones (excluding diaryl/α,β-unsaturated/α-hetero) is 1. The maximum absolute atomic E-state index is 12.3. The van der Waals surface area contributed by atoms with Crippen LogP contribution in [0.4, 0.5) is 0 Å². The van der Waals surface area contributed by atoms with Crippen molar-refractivity contribution in [3.05, 3.63) is 35.4 Å². The summed E-state index contributed by atoms with van der Waals surface area (Å²) in [5, 5.41) is 5.44. The van der Waals surface area contributed by atoms with Gasteiger partial charge in [-0.2, -0.15) is 0 Å². The Balaban J connectivity index is 2.73. The van der Waals surface area contributed by atoms with Crippen LogP contribution in [0.3, 0.4) is 0 Å². The maximum Gasteiger partial charge on any atom is 0.242 e. The zero-order chi connectivity index (χ0) is 17.9. The van der Waals surface area contributed by atoms with E-state index < -0.39 is 6.04 Å². The van der Waals surface area contributed by atoms with Gasteiger partial charge in [0.25, 0.3) is 0 Å². The first kappa shape index (κ1) is 19.5. The Bertz CT molecular complexity index is 581. The lowest BCUT2D eigenvalue weighted by Crippen LogP contribution is -2.48. The van der Waals surface area contributed by atoms with E-state index in [1.54, 1.807) is 31.2 Å². The molecule has 2 amide bonds. The predicted molar refractivity (Wildman–Crippen MR) is 90.7 cm³/mol. The number of benzene rings is 1. The van der Waals surface area contributed by atoms with Crippen LogP contribution in [0.15, 0.2) is 24.3 Å². The molecule has 2 N–H and O–H groups in total. The Morgan fingerprint density at radius 3 is 2.38 bits per heavy atom. The van der Waals surface area contributed by atoms with Crippen LogP contribution in [0.1, 0.15) is 49.0 Å². The quantitative estimate of drug-likeness (QED) is 0.385. The van der Waals surface area contributed by atoms with E-state index >= 15 is 0 Å². The van der Waals surface area contributed by atoms with Gasteiger partial charge in [0, 0.05) is 31.4 Å². The Kier molecular flexibility index (Phi) is 8.39. The van der Waals surface area contributed by atoms with Crippen LogP contribution in [0.5, 0.6) is 0 Å². The molecule has 0 aromatic heterocycles. The second-order valence-electron chi connectivity index (χ2n) is 5.53. The van der Waals surface area contributed by atoms with Crippen molar-refractivity contribution in [2.24, 2.45) is 0 Å². The predicted octanol–water partition coefficient (Wildman–Crippen LogP) is 1.42. The summed E-state index contributed by atoms with van der Waals surface area (Å²) in [4.78, 5) is 45.5. The average molecular weight is 332 g/mol. The molecule has 0 aliphatic rings. The minimum Gasteiger partial charge on any atom is -0.354 e. The molecule has 24 heavy (non-hydrogen) atoms. The topological polar surface area (TPSA) is 92.3 Å². The van der Waals surface area contributed by atoms with Crippen molar-refractivity contribution in [2.75, 3.05) is 6.54 Å². The minimum atomic E-state index is -0.683. The molecular formula is C18H24N2O4. The number of hydrogen-bond acceptors (Lipinski definition) is 4. The Morgan fingerprint density at radius 1 is 1.17 bits per heavy atom. The third-order valence-electron chi connectivity index (χ3n) is 3.57. The molecule has 6 heteroatoms. The molecule has 0 saturated heterocycles. The third-order valence-corrected chi connectivity index (χ3v) is 3.57. The molecule has 0 bridgehead atoms. The SMILES string of the molecule is CCC(=O)N[C@@H](Cc1ccc(C(C)=O)cc1)C(=O)NCCCC=O. The van der Waals surface area contributed by atoms with Gasteiger partial charge in [-0.1, -0.05) is 31.2 Å². The van der Waals surface area contributed by atoms with Gasteiger partial charge in [0.15, 0.2) is 5.78 Å². The van der Waals surface area contributed by atoms with Gasteiger partial charge in [-0.05, 0) is 18.9 Å². The zero-order valence-electron chi connectivity index (χ0n) is 14.1. The Hall–Kier alpha value is -2.50. The molecule has 0 heterocycles. The normalized spacial score (nSPS) is 11.4. The number of nitrogens with one attached hydrogen (secondary N) is 2. The third kappa shape index (κ3) is 6.73. The lowest BCUT2D eigenvalue weighted by atomic mass is 10.0. The molecule has 0 saturated carbocycles. The lowest BCUT2D eigenvalue weighted by Gasteiger charge is -2.18. The minimum absolute atomic E-state index is 0.0229. The molecule has 1 aromatic carbocycles. The number of amides is 2. The molecule has 0 aliphatic heterocycles. The monoisotopic (exact) mass is 332 g/mol. The van der Waals surface area contributed by atoms with E-state index in [1.807, 2.05) is 0 Å². The zero-order valence-corrected chi connectivity index (χ0v) is 14.1. The van der Waals surface area contributed by atoms with Gasteiger partial charge in [0.1, 0.15) is 12.3 Å². The van der Waals surface area contributed by atoms with Gasteiger partial charge in [-0.3, -0.25) is 14.4 Å². The Labute approximate surface area is 142 Å². The molecule has 0 fully saturated rings. The molecule has 1 rings (SSSR count). The molecule has 0 unspecified atom stereocenters. The van der Waals surface area contributed by atoms with Crippen LogP contribution >= 0.6 is 0 Å². The highest BCUT2D eigenvalue weighted by Crippen LogP contribution is 2.08. The van der Waals surface area contributed by atoms with Crippen LogP contribution in [-0.2, 0) is 20.8 Å². The fourth-order valence-corrected chi connectivity index (χ4v) is 2.14. The van der Waals surface area contributed by atoms with Crippen molar-refractivity contribution < 1.29 is 19.2 Å². The van der Waals surface area contributed by atoms with E-state index in [-0.39, 0.29) is 24.0 Å². The van der Waals surface area contributed by atoms with Crippen molar-refractivity contribution in [3.63, 3.8) is 0 Å². The molecular weight excluding hydrogens is 308 g/mol. The summed E-state index contributed by atoms with van der Waals surface area (Å²) in [5.74, 6) is -0.507. The smallest absolute Gasteiger partial charge is 0.242 e. The summed E-state index contributed by atoms with van der Waals surface area (Å²) in [7, 11) is 0. The first-order valence-electron chi connectivity index (χ1n) is 8.08. The van der Waals surface area contributed by atoms with Gasteiger partial charge in [0.2, 0.25) is 11.8 Å². The van der Waals surface area contributed by atoms with Crippen LogP contribution in [0, 0.1) is 0 Å². The fraction of sp³-hybridized carbons (Fsp3) is 0.444. The van der Waals surface area contributed by atoms with Crippen molar-refractivity contribution in [3.8, 4) is 0 Å². The highest BCUT2D eigenvalue weighted by atomic mass is 16.2. The summed E-state index contributed by atoms with van der Waals surface area (Å²) >= 11 is 0. The summed E-state index contributed by atoms with van der Waals surface area (Å²) < 4.78 is 0. The summed E-state index contributed by atoms with van der Waals surface area (Å²) in [6.07, 6.45) is 2.39. The molecule has 0 spiro atoms. The van der Waals surface area contributed by atoms with E-state index in [0.717, 1.165) is 11.8 Å². The number of unbranched alkanes of at least 4 members (excludes halogenated alkanes) is 1. The summed E-state index contributed by atoms with van der Waals surface area (Å²) in [6, 6.07) is 6.29. The molecule has 0 radical (unpaired) electrons. The van der Waals surface area contributed by atoms with Crippen molar-refractivity contribution in [1.29, 1.82) is 0 Å². The number of aldehydes is 1. The molecule has 1 atom stereocenters. The van der Waals surface area contributed by atoms with Crippen molar-refractivity contribution >= 4 is 23.9 Å². The van der Waals surface area contributed by atoms with Gasteiger partial charge in [-0.25, -0.2) is 0 Å². The van der Waals surface area contributed by atoms with Crippen LogP contribution in [-0.4, -0.2) is 36.5 Å². The van der Waals surface area contributed by atoms with E-state index in [4.69, 9.17) is 0 Å². The maximum atomic E-state index is 12.3. The summed E-state index contributed by atoms with van der Waals surface area (Å²) in [6.45, 7) is 3.60. The van der Waals surface area contributed by atoms with Crippen LogP contribution in [0.25, 0.3) is 0 Å². The second-order valence-corrected chi connectivity index (χ2v) is 5.53. The second kappa shape index (κ2) is 10.3. The van der Waals surface area contributed by atoms with Gasteiger partial charge in [0.05, 0.1) is 0 Å². The standard InChI is InChI=1S/C18H24N2O4/c1-3-17(23)20-16(18(24)19-10-4-5-11-21)12-14-6-8-15(9-7-14)13(2)22/h6-9,11,16H,3-5,10,12H2,1-2H3,(H,19,24)(H,20,23)/t16-/m0/s1. The van der Waals surface area contributed by atoms with E-state index in [0.29, 0.717) is 31.4 Å². The lowest BCUT2D eigenvalue weighted by molar-refractivity contribution is -0.128. The van der Waals surface area contributed by atoms with Crippen LogP contribution in [0.2, 0.25) is 0 Å². The van der Waals surface area contributed by atoms with E-state index in [2.05, 4.69) is 10.6 Å². The number of rotatable bonds is 10. The average Bonchev–Trinajstić information content (AvgIpc) is 2.58. The fourth-order valence-electron chi connectivity index (χ4n) is 2.14. The summed E-state index contributed by atoms with van der Waals surface area (Å²) in [5.41, 5.74) is 1.45. The highest BCUT2D eigenvalue weighted by Gasteiger charge is 2.20. The van der Waals surface area contributed by atoms with Gasteiger partial charge < -0.3 is 15.4 Å². The highest BCUT2D eigenvalue weighted by molar-refractivity contribution is 5.94. The number of hydrogen-bond donors (Lipinski definition) is 2. The number of carbonyl (C=O) groups is 4. The largest absolute Gasteiger partial charge is 0.354 e. The van der Waals surface area contributed by atoms with Crippen molar-refractivity contribution in [1.82, 2.24) is 10.6 Å². The van der Waals surface area contributed by atoms with Crippen molar-refractivity contribution in [2.45, 2.75) is 45.6 Å². The first-order chi connectivity index (χ1) is 11.5. The molecule has 0 aliphatic carbocycles. The number of carbonyl (C=O) groups excluding carboxylic acids is 4.